The van der Waals surface area contributed by atoms with Crippen molar-refractivity contribution in [3.63, 3.8) is 0 Å². The Labute approximate surface area is 138 Å². The van der Waals surface area contributed by atoms with E-state index in [0.717, 1.165) is 5.56 Å². The first kappa shape index (κ1) is 15.8. The summed E-state index contributed by atoms with van der Waals surface area (Å²) in [5.74, 6) is 0.649. The van der Waals surface area contributed by atoms with Gasteiger partial charge in [-0.1, -0.05) is 46.9 Å². The SMILES string of the molecule is N#CCOc1cccc(CNc2cc(Cl)c(Cl)cc2Cl)c1. The first-order valence-electron chi connectivity index (χ1n) is 6.07. The Morgan fingerprint density at radius 3 is 2.57 bits per heavy atom. The molecule has 0 aliphatic carbocycles. The molecular formula is C15H11Cl3N2O. The quantitative estimate of drug-likeness (QED) is 0.764. The van der Waals surface area contributed by atoms with Gasteiger partial charge in [0.1, 0.15) is 11.8 Å². The molecule has 0 heterocycles. The van der Waals surface area contributed by atoms with Crippen LogP contribution >= 0.6 is 34.8 Å². The fraction of sp³-hybridized carbons (Fsp3) is 0.133. The fourth-order valence-corrected chi connectivity index (χ4v) is 2.33. The van der Waals surface area contributed by atoms with Crippen molar-refractivity contribution in [1.29, 1.82) is 5.26 Å². The van der Waals surface area contributed by atoms with E-state index in [0.29, 0.717) is 33.0 Å². The zero-order valence-corrected chi connectivity index (χ0v) is 13.1. The summed E-state index contributed by atoms with van der Waals surface area (Å²) in [5.41, 5.74) is 1.70. The van der Waals surface area contributed by atoms with E-state index in [1.165, 1.54) is 0 Å². The number of halogens is 3. The van der Waals surface area contributed by atoms with Gasteiger partial charge in [-0.25, -0.2) is 0 Å². The monoisotopic (exact) mass is 340 g/mol. The zero-order chi connectivity index (χ0) is 15.2. The molecule has 1 N–H and O–H groups in total. The molecular weight excluding hydrogens is 331 g/mol. The molecule has 0 radical (unpaired) electrons. The largest absolute Gasteiger partial charge is 0.479 e. The highest BCUT2D eigenvalue weighted by Gasteiger charge is 2.06. The van der Waals surface area contributed by atoms with Crippen molar-refractivity contribution >= 4 is 40.5 Å². The van der Waals surface area contributed by atoms with E-state index in [-0.39, 0.29) is 6.61 Å². The van der Waals surface area contributed by atoms with E-state index in [1.807, 2.05) is 24.3 Å². The first-order chi connectivity index (χ1) is 10.1. The van der Waals surface area contributed by atoms with Crippen molar-refractivity contribution in [3.8, 4) is 11.8 Å². The van der Waals surface area contributed by atoms with E-state index >= 15 is 0 Å². The van der Waals surface area contributed by atoms with E-state index in [4.69, 9.17) is 44.8 Å². The molecule has 0 fully saturated rings. The molecule has 0 atom stereocenters. The van der Waals surface area contributed by atoms with Crippen LogP contribution in [0.25, 0.3) is 0 Å². The molecule has 0 unspecified atom stereocenters. The summed E-state index contributed by atoms with van der Waals surface area (Å²) >= 11 is 18.0. The lowest BCUT2D eigenvalue weighted by Gasteiger charge is -2.11. The number of nitrogens with zero attached hydrogens (tertiary/aromatic N) is 1. The third-order valence-electron chi connectivity index (χ3n) is 2.69. The molecule has 21 heavy (non-hydrogen) atoms. The number of anilines is 1. The normalized spacial score (nSPS) is 10.0. The van der Waals surface area contributed by atoms with Gasteiger partial charge in [0, 0.05) is 6.54 Å². The number of nitrogens with one attached hydrogen (secondary N) is 1. The number of hydrogen-bond donors (Lipinski definition) is 1. The lowest BCUT2D eigenvalue weighted by atomic mass is 10.2. The second-order valence-electron chi connectivity index (χ2n) is 4.19. The average Bonchev–Trinajstić information content (AvgIpc) is 2.48. The number of nitriles is 1. The Morgan fingerprint density at radius 2 is 1.81 bits per heavy atom. The fourth-order valence-electron chi connectivity index (χ4n) is 1.72. The minimum Gasteiger partial charge on any atom is -0.479 e. The minimum absolute atomic E-state index is 0.0233. The number of benzene rings is 2. The van der Waals surface area contributed by atoms with Gasteiger partial charge in [0.05, 0.1) is 20.8 Å². The highest BCUT2D eigenvalue weighted by molar-refractivity contribution is 6.44. The molecule has 0 saturated carbocycles. The number of ether oxygens (including phenoxy) is 1. The summed E-state index contributed by atoms with van der Waals surface area (Å²) in [6, 6.07) is 12.7. The zero-order valence-electron chi connectivity index (χ0n) is 10.9. The van der Waals surface area contributed by atoms with Crippen LogP contribution in [0.1, 0.15) is 5.56 Å². The predicted molar refractivity (Wildman–Crippen MR) is 86.3 cm³/mol. The van der Waals surface area contributed by atoms with Gasteiger partial charge >= 0.3 is 0 Å². The Balaban J connectivity index is 2.06. The predicted octanol–water partition coefficient (Wildman–Crippen LogP) is 5.16. The lowest BCUT2D eigenvalue weighted by Crippen LogP contribution is -2.01. The van der Waals surface area contributed by atoms with Crippen molar-refractivity contribution in [2.24, 2.45) is 0 Å². The van der Waals surface area contributed by atoms with Crippen molar-refractivity contribution in [1.82, 2.24) is 0 Å². The van der Waals surface area contributed by atoms with Crippen molar-refractivity contribution in [3.05, 3.63) is 57.0 Å². The maximum Gasteiger partial charge on any atom is 0.174 e. The third kappa shape index (κ3) is 4.44. The molecule has 2 aromatic rings. The van der Waals surface area contributed by atoms with Crippen LogP contribution in [0.3, 0.4) is 0 Å². The Kier molecular flexibility index (Phi) is 5.58. The number of hydrogen-bond acceptors (Lipinski definition) is 3. The van der Waals surface area contributed by atoms with Crippen LogP contribution in [0, 0.1) is 11.3 Å². The molecule has 0 spiro atoms. The Hall–Kier alpha value is -1.60. The molecule has 2 aromatic carbocycles. The molecule has 0 aliphatic rings. The highest BCUT2D eigenvalue weighted by atomic mass is 35.5. The molecule has 0 aromatic heterocycles. The molecule has 6 heteroatoms. The van der Waals surface area contributed by atoms with Gasteiger partial charge in [-0.3, -0.25) is 0 Å². The maximum absolute atomic E-state index is 8.50. The molecule has 3 nitrogen and oxygen atoms in total. The van der Waals surface area contributed by atoms with Crippen LogP contribution in [0.2, 0.25) is 15.1 Å². The van der Waals surface area contributed by atoms with Gasteiger partial charge in [-0.2, -0.15) is 5.26 Å². The molecule has 0 amide bonds. The summed E-state index contributed by atoms with van der Waals surface area (Å²) in [5, 5.41) is 13.0. The van der Waals surface area contributed by atoms with Crippen LogP contribution in [0.15, 0.2) is 36.4 Å². The van der Waals surface area contributed by atoms with Gasteiger partial charge in [-0.05, 0) is 29.8 Å². The van der Waals surface area contributed by atoms with Crippen molar-refractivity contribution in [2.45, 2.75) is 6.54 Å². The summed E-state index contributed by atoms with van der Waals surface area (Å²) in [7, 11) is 0. The van der Waals surface area contributed by atoms with Gasteiger partial charge < -0.3 is 10.1 Å². The van der Waals surface area contributed by atoms with Gasteiger partial charge in [-0.15, -0.1) is 0 Å². The van der Waals surface area contributed by atoms with E-state index in [2.05, 4.69) is 5.32 Å². The van der Waals surface area contributed by atoms with Gasteiger partial charge in [0.2, 0.25) is 0 Å². The Morgan fingerprint density at radius 1 is 1.05 bits per heavy atom. The minimum atomic E-state index is 0.0233. The summed E-state index contributed by atoms with van der Waals surface area (Å²) < 4.78 is 5.25. The smallest absolute Gasteiger partial charge is 0.174 e. The molecule has 0 aliphatic heterocycles. The lowest BCUT2D eigenvalue weighted by molar-refractivity contribution is 0.368. The van der Waals surface area contributed by atoms with Crippen LogP contribution < -0.4 is 10.1 Å². The molecule has 2 rings (SSSR count). The number of rotatable bonds is 5. The van der Waals surface area contributed by atoms with Gasteiger partial charge in [0.15, 0.2) is 6.61 Å². The average molecular weight is 342 g/mol. The molecule has 0 saturated heterocycles. The first-order valence-corrected chi connectivity index (χ1v) is 7.20. The van der Waals surface area contributed by atoms with E-state index in [1.54, 1.807) is 18.2 Å². The van der Waals surface area contributed by atoms with Crippen LogP contribution in [0.5, 0.6) is 5.75 Å². The van der Waals surface area contributed by atoms with Crippen LogP contribution in [-0.2, 0) is 6.54 Å². The van der Waals surface area contributed by atoms with Crippen LogP contribution in [-0.4, -0.2) is 6.61 Å². The van der Waals surface area contributed by atoms with Crippen molar-refractivity contribution in [2.75, 3.05) is 11.9 Å². The maximum atomic E-state index is 8.50. The van der Waals surface area contributed by atoms with E-state index < -0.39 is 0 Å². The molecule has 0 bridgehead atoms. The third-order valence-corrected chi connectivity index (χ3v) is 3.73. The summed E-state index contributed by atoms with van der Waals surface area (Å²) in [6.07, 6.45) is 0. The van der Waals surface area contributed by atoms with Gasteiger partial charge in [0.25, 0.3) is 0 Å². The van der Waals surface area contributed by atoms with E-state index in [9.17, 15) is 0 Å². The highest BCUT2D eigenvalue weighted by Crippen LogP contribution is 2.32. The van der Waals surface area contributed by atoms with Crippen molar-refractivity contribution < 1.29 is 4.74 Å². The van der Waals surface area contributed by atoms with Crippen LogP contribution in [0.4, 0.5) is 5.69 Å². The topological polar surface area (TPSA) is 45.0 Å². The summed E-state index contributed by atoms with van der Waals surface area (Å²) in [6.45, 7) is 0.566. The summed E-state index contributed by atoms with van der Waals surface area (Å²) in [4.78, 5) is 0. The molecule has 108 valence electrons. The standard InChI is InChI=1S/C15H11Cl3N2O/c16-12-7-14(18)15(8-13(12)17)20-9-10-2-1-3-11(6-10)21-5-4-19/h1-3,6-8,20H,5,9H2. The second kappa shape index (κ2) is 7.42. The Bertz CT molecular complexity index is 683. The second-order valence-corrected chi connectivity index (χ2v) is 5.42.